The summed E-state index contributed by atoms with van der Waals surface area (Å²) in [6.45, 7) is 5.93. The molecule has 320 valence electrons. The largest absolute Gasteiger partial charge is 0.392 e. The molecule has 2 saturated heterocycles. The van der Waals surface area contributed by atoms with Crippen LogP contribution in [0.25, 0.3) is 0 Å². The van der Waals surface area contributed by atoms with Crippen molar-refractivity contribution in [2.45, 2.75) is 61.8 Å². The summed E-state index contributed by atoms with van der Waals surface area (Å²) in [4.78, 5) is 27.4. The van der Waals surface area contributed by atoms with Crippen LogP contribution in [-0.2, 0) is 43.9 Å². The highest BCUT2D eigenvalue weighted by atomic mass is 32.2. The molecule has 8 rings (SSSR count). The standard InChI is InChI=1S/C49H52N6O6S/c1-35-13-23-42(24-14-35)62(58,59)53-43(31-36-9-4-2-5-10-36)47(57)52-32-37-15-21-41(22-16-37)48-60-44(33-54-27-29-55(30-28-54)49-50-25-8-26-51-49)45(39-11-6-3-7-12-39)46(61-48)40-19-17-38(34-56)18-20-40/h2-26,43-46,48,53,56H,27-34H2,1H3,(H,52,57)/t43-,44-,45-,46+,48?/m1/s1. The van der Waals surface area contributed by atoms with Crippen molar-refractivity contribution >= 4 is 21.9 Å². The predicted octanol–water partition coefficient (Wildman–Crippen LogP) is 6.24. The Hall–Kier alpha value is -5.80. The lowest BCUT2D eigenvalue weighted by molar-refractivity contribution is -0.263. The van der Waals surface area contributed by atoms with Crippen LogP contribution in [0.5, 0.6) is 0 Å². The second-order valence-corrected chi connectivity index (χ2v) is 17.6. The lowest BCUT2D eigenvalue weighted by atomic mass is 9.83. The summed E-state index contributed by atoms with van der Waals surface area (Å²) in [6, 6.07) is 42.7. The molecule has 12 nitrogen and oxygen atoms in total. The summed E-state index contributed by atoms with van der Waals surface area (Å²) in [5.74, 6) is 0.167. The number of sulfonamides is 1. The van der Waals surface area contributed by atoms with Crippen LogP contribution in [0.2, 0.25) is 0 Å². The Morgan fingerprint density at radius 3 is 2.02 bits per heavy atom. The fourth-order valence-electron chi connectivity index (χ4n) is 8.12. The summed E-state index contributed by atoms with van der Waals surface area (Å²) < 4.78 is 43.4. The summed E-state index contributed by atoms with van der Waals surface area (Å²) >= 11 is 0. The Bertz CT molecular complexity index is 2460. The van der Waals surface area contributed by atoms with Gasteiger partial charge in [-0.1, -0.05) is 127 Å². The van der Waals surface area contributed by atoms with Crippen LogP contribution in [-0.4, -0.2) is 79.2 Å². The van der Waals surface area contributed by atoms with Crippen molar-refractivity contribution in [1.29, 1.82) is 0 Å². The number of amides is 1. The van der Waals surface area contributed by atoms with Crippen molar-refractivity contribution in [3.8, 4) is 0 Å². The third-order valence-corrected chi connectivity index (χ3v) is 13.1. The van der Waals surface area contributed by atoms with E-state index < -0.39 is 28.3 Å². The molecule has 0 radical (unpaired) electrons. The molecular formula is C49H52N6O6S. The minimum Gasteiger partial charge on any atom is -0.392 e. The summed E-state index contributed by atoms with van der Waals surface area (Å²) in [7, 11) is -3.98. The number of nitrogens with zero attached hydrogens (tertiary/aromatic N) is 4. The van der Waals surface area contributed by atoms with Gasteiger partial charge in [-0.25, -0.2) is 18.4 Å². The minimum atomic E-state index is -3.98. The average molecular weight is 853 g/mol. The topological polar surface area (TPSA) is 146 Å². The first kappa shape index (κ1) is 42.9. The van der Waals surface area contributed by atoms with E-state index in [1.165, 1.54) is 0 Å². The number of benzene rings is 5. The molecule has 1 aromatic heterocycles. The number of aryl methyl sites for hydroxylation is 1. The molecule has 3 N–H and O–H groups in total. The second-order valence-electron chi connectivity index (χ2n) is 15.9. The first-order chi connectivity index (χ1) is 30.2. The molecule has 2 aliphatic heterocycles. The maximum atomic E-state index is 13.7. The van der Waals surface area contributed by atoms with Crippen molar-refractivity contribution in [2.75, 3.05) is 37.6 Å². The quantitative estimate of drug-likeness (QED) is 0.109. The van der Waals surface area contributed by atoms with E-state index >= 15 is 0 Å². The van der Waals surface area contributed by atoms with Gasteiger partial charge in [-0.2, -0.15) is 4.72 Å². The van der Waals surface area contributed by atoms with Gasteiger partial charge in [0, 0.05) is 63.1 Å². The second kappa shape index (κ2) is 19.9. The molecule has 2 fully saturated rings. The monoisotopic (exact) mass is 852 g/mol. The Morgan fingerprint density at radius 1 is 0.726 bits per heavy atom. The molecule has 6 aromatic rings. The van der Waals surface area contributed by atoms with Crippen LogP contribution in [0.1, 0.15) is 57.3 Å². The zero-order valence-electron chi connectivity index (χ0n) is 34.7. The molecule has 1 unspecified atom stereocenters. The summed E-state index contributed by atoms with van der Waals surface area (Å²) in [6.07, 6.45) is 2.41. The highest BCUT2D eigenvalue weighted by molar-refractivity contribution is 7.89. The Balaban J connectivity index is 1.00. The highest BCUT2D eigenvalue weighted by Gasteiger charge is 2.43. The maximum Gasteiger partial charge on any atom is 0.241 e. The van der Waals surface area contributed by atoms with Gasteiger partial charge >= 0.3 is 0 Å². The summed E-state index contributed by atoms with van der Waals surface area (Å²) in [5, 5.41) is 12.8. The number of hydrogen-bond donors (Lipinski definition) is 3. The number of anilines is 1. The third kappa shape index (κ3) is 10.6. The van der Waals surface area contributed by atoms with Gasteiger partial charge in [0.05, 0.1) is 23.7 Å². The number of hydrogen-bond acceptors (Lipinski definition) is 10. The van der Waals surface area contributed by atoms with Crippen LogP contribution < -0.4 is 14.9 Å². The summed E-state index contributed by atoms with van der Waals surface area (Å²) in [5.41, 5.74) is 6.34. The Kier molecular flexibility index (Phi) is 13.8. The van der Waals surface area contributed by atoms with Crippen molar-refractivity contribution in [3.05, 3.63) is 191 Å². The van der Waals surface area contributed by atoms with Gasteiger partial charge in [-0.3, -0.25) is 9.69 Å². The lowest BCUT2D eigenvalue weighted by Crippen LogP contribution is -2.51. The normalized spacial score (nSPS) is 20.1. The van der Waals surface area contributed by atoms with E-state index in [0.29, 0.717) is 6.54 Å². The van der Waals surface area contributed by atoms with Gasteiger partial charge in [0.2, 0.25) is 21.9 Å². The van der Waals surface area contributed by atoms with Gasteiger partial charge in [-0.15, -0.1) is 0 Å². The number of aliphatic hydroxyl groups excluding tert-OH is 1. The minimum absolute atomic E-state index is 0.0498. The average Bonchev–Trinajstić information content (AvgIpc) is 3.32. The number of ether oxygens (including phenoxy) is 2. The van der Waals surface area contributed by atoms with E-state index in [0.717, 1.165) is 71.1 Å². The van der Waals surface area contributed by atoms with Crippen molar-refractivity contribution < 1.29 is 27.8 Å². The van der Waals surface area contributed by atoms with Crippen molar-refractivity contribution in [2.24, 2.45) is 0 Å². The number of carbonyl (C=O) groups excluding carboxylic acids is 1. The molecule has 0 saturated carbocycles. The number of piperazine rings is 1. The van der Waals surface area contributed by atoms with Crippen LogP contribution in [0, 0.1) is 6.92 Å². The van der Waals surface area contributed by atoms with Gasteiger partial charge in [-0.05, 0) is 59.4 Å². The number of nitrogens with one attached hydrogen (secondary N) is 2. The first-order valence-electron chi connectivity index (χ1n) is 21.0. The van der Waals surface area contributed by atoms with Gasteiger partial charge in [0.25, 0.3) is 0 Å². The van der Waals surface area contributed by atoms with Crippen molar-refractivity contribution in [1.82, 2.24) is 24.9 Å². The zero-order valence-corrected chi connectivity index (χ0v) is 35.5. The zero-order chi connectivity index (χ0) is 42.9. The van der Waals surface area contributed by atoms with Crippen LogP contribution >= 0.6 is 0 Å². The Labute approximate surface area is 363 Å². The van der Waals surface area contributed by atoms with E-state index in [1.54, 1.807) is 36.7 Å². The Morgan fingerprint density at radius 2 is 1.35 bits per heavy atom. The number of aromatic nitrogens is 2. The smallest absolute Gasteiger partial charge is 0.241 e. The SMILES string of the molecule is Cc1ccc(S(=O)(=O)N[C@H](Cc2ccccc2)C(=O)NCc2ccc(C3O[C@H](CN4CCN(c5ncccn5)CC4)[C@@H](c4ccccc4)[C@H](c4ccc(CO)cc4)O3)cc2)cc1. The van der Waals surface area contributed by atoms with Gasteiger partial charge in [0.15, 0.2) is 6.29 Å². The van der Waals surface area contributed by atoms with Crippen LogP contribution in [0.15, 0.2) is 157 Å². The number of aliphatic hydroxyl groups is 1. The maximum absolute atomic E-state index is 13.7. The van der Waals surface area contributed by atoms with Gasteiger partial charge in [0.1, 0.15) is 6.04 Å². The molecule has 5 atom stereocenters. The fourth-order valence-corrected chi connectivity index (χ4v) is 9.32. The molecule has 3 heterocycles. The molecular weight excluding hydrogens is 801 g/mol. The molecule has 1 amide bonds. The number of rotatable bonds is 15. The molecule has 0 aliphatic carbocycles. The molecule has 62 heavy (non-hydrogen) atoms. The third-order valence-electron chi connectivity index (χ3n) is 11.6. The van der Waals surface area contributed by atoms with E-state index in [9.17, 15) is 18.3 Å². The highest BCUT2D eigenvalue weighted by Crippen LogP contribution is 2.47. The van der Waals surface area contributed by atoms with E-state index in [1.807, 2.05) is 110 Å². The fraction of sp³-hybridized carbons (Fsp3) is 0.286. The predicted molar refractivity (Wildman–Crippen MR) is 237 cm³/mol. The van der Waals surface area contributed by atoms with Crippen LogP contribution in [0.4, 0.5) is 5.95 Å². The lowest BCUT2D eigenvalue weighted by Gasteiger charge is -2.45. The molecule has 13 heteroatoms. The number of carbonyl (C=O) groups is 1. The molecule has 5 aromatic carbocycles. The molecule has 0 bridgehead atoms. The van der Waals surface area contributed by atoms with Crippen LogP contribution in [0.3, 0.4) is 0 Å². The molecule has 2 aliphatic rings. The van der Waals surface area contributed by atoms with E-state index in [2.05, 4.69) is 41.9 Å². The van der Waals surface area contributed by atoms with Gasteiger partial charge < -0.3 is 24.8 Å². The molecule has 0 spiro atoms. The van der Waals surface area contributed by atoms with E-state index in [4.69, 9.17) is 9.47 Å². The first-order valence-corrected chi connectivity index (χ1v) is 22.5. The van der Waals surface area contributed by atoms with Crippen molar-refractivity contribution in [3.63, 3.8) is 0 Å². The van der Waals surface area contributed by atoms with E-state index in [-0.39, 0.29) is 42.6 Å².